The molecule has 8 aromatic rings. The molecule has 1 aliphatic carbocycles. The van der Waals surface area contributed by atoms with Crippen LogP contribution in [0.15, 0.2) is 128 Å². The van der Waals surface area contributed by atoms with Crippen LogP contribution in [0.2, 0.25) is 0 Å². The molecule has 0 amide bonds. The smallest absolute Gasteiger partial charge is 0.0972 e. The third-order valence-corrected chi connectivity index (χ3v) is 8.32. The van der Waals surface area contributed by atoms with Gasteiger partial charge in [-0.2, -0.15) is 0 Å². The fourth-order valence-corrected chi connectivity index (χ4v) is 6.50. The van der Waals surface area contributed by atoms with Gasteiger partial charge in [0.05, 0.1) is 16.7 Å². The Morgan fingerprint density at radius 1 is 0.450 bits per heavy atom. The Hall–Kier alpha value is -5.41. The van der Waals surface area contributed by atoms with Crippen molar-refractivity contribution < 1.29 is 0 Å². The maximum atomic E-state index is 5.20. The van der Waals surface area contributed by atoms with Crippen molar-refractivity contribution in [3.63, 3.8) is 0 Å². The monoisotopic (exact) mass is 507 g/mol. The zero-order valence-corrected chi connectivity index (χ0v) is 21.5. The summed E-state index contributed by atoms with van der Waals surface area (Å²) in [5, 5.41) is 7.01. The molecule has 9 rings (SSSR count). The highest BCUT2D eigenvalue weighted by Gasteiger charge is 2.22. The van der Waals surface area contributed by atoms with Crippen LogP contribution in [0.4, 0.5) is 0 Å². The topological polar surface area (TPSA) is 38.7 Å². The molecule has 3 nitrogen and oxygen atoms in total. The Kier molecular flexibility index (Phi) is 4.33. The quantitative estimate of drug-likeness (QED) is 0.219. The lowest BCUT2D eigenvalue weighted by atomic mass is 9.91. The van der Waals surface area contributed by atoms with E-state index in [0.717, 1.165) is 43.8 Å². The molecular formula is C37H21N3. The third-order valence-electron chi connectivity index (χ3n) is 8.32. The van der Waals surface area contributed by atoms with Crippen LogP contribution >= 0.6 is 0 Å². The van der Waals surface area contributed by atoms with Crippen molar-refractivity contribution in [1.29, 1.82) is 0 Å². The summed E-state index contributed by atoms with van der Waals surface area (Å²) in [6.45, 7) is 0. The largest absolute Gasteiger partial charge is 0.264 e. The third kappa shape index (κ3) is 2.97. The molecular weight excluding hydrogens is 486 g/mol. The van der Waals surface area contributed by atoms with Crippen LogP contribution in [0, 0.1) is 0 Å². The highest BCUT2D eigenvalue weighted by atomic mass is 14.8. The van der Waals surface area contributed by atoms with E-state index >= 15 is 0 Å². The average molecular weight is 508 g/mol. The first kappa shape index (κ1) is 21.5. The molecule has 0 atom stereocenters. The highest BCUT2D eigenvalue weighted by molar-refractivity contribution is 6.19. The molecule has 0 spiro atoms. The Bertz CT molecular complexity index is 2310. The van der Waals surface area contributed by atoms with Gasteiger partial charge < -0.3 is 0 Å². The van der Waals surface area contributed by atoms with E-state index in [-0.39, 0.29) is 0 Å². The summed E-state index contributed by atoms with van der Waals surface area (Å²) in [7, 11) is 0. The number of hydrogen-bond donors (Lipinski definition) is 0. The number of fused-ring (bicyclic) bond motifs is 7. The molecule has 1 aliphatic rings. The zero-order valence-electron chi connectivity index (χ0n) is 21.5. The Labute approximate surface area is 230 Å². The highest BCUT2D eigenvalue weighted by Crippen LogP contribution is 2.49. The molecule has 3 heterocycles. The molecule has 40 heavy (non-hydrogen) atoms. The summed E-state index contributed by atoms with van der Waals surface area (Å²) in [6, 6.07) is 39.2. The van der Waals surface area contributed by atoms with Crippen LogP contribution in [0.1, 0.15) is 0 Å². The van der Waals surface area contributed by atoms with Gasteiger partial charge in [-0.15, -0.1) is 0 Å². The predicted molar refractivity (Wildman–Crippen MR) is 165 cm³/mol. The minimum Gasteiger partial charge on any atom is -0.264 e. The summed E-state index contributed by atoms with van der Waals surface area (Å²) in [4.78, 5) is 14.3. The molecule has 0 aliphatic heterocycles. The van der Waals surface area contributed by atoms with E-state index in [2.05, 4.69) is 113 Å². The van der Waals surface area contributed by atoms with Gasteiger partial charge in [-0.1, -0.05) is 78.9 Å². The number of rotatable bonds is 2. The second-order valence-corrected chi connectivity index (χ2v) is 10.5. The second-order valence-electron chi connectivity index (χ2n) is 10.5. The summed E-state index contributed by atoms with van der Waals surface area (Å²) in [6.07, 6.45) is 5.65. The fraction of sp³-hybridized carbons (Fsp3) is 0. The van der Waals surface area contributed by atoms with Gasteiger partial charge in [0.2, 0.25) is 0 Å². The lowest BCUT2D eigenvalue weighted by Crippen LogP contribution is -1.92. The van der Waals surface area contributed by atoms with Gasteiger partial charge >= 0.3 is 0 Å². The summed E-state index contributed by atoms with van der Waals surface area (Å²) < 4.78 is 0. The van der Waals surface area contributed by atoms with E-state index in [1.165, 1.54) is 44.2 Å². The molecule has 0 radical (unpaired) electrons. The number of aromatic nitrogens is 3. The van der Waals surface area contributed by atoms with Gasteiger partial charge in [0.25, 0.3) is 0 Å². The molecule has 0 fully saturated rings. The van der Waals surface area contributed by atoms with Crippen LogP contribution < -0.4 is 0 Å². The van der Waals surface area contributed by atoms with Crippen molar-refractivity contribution in [3.05, 3.63) is 128 Å². The maximum absolute atomic E-state index is 5.20. The van der Waals surface area contributed by atoms with E-state index in [9.17, 15) is 0 Å². The standard InChI is InChI=1S/C37H21N3/c1-2-7-28-27(6-1)30-9-3-8-29-26(13-14-31(28)35(29)30)25-19-24-16-18-38-21-33(24)32(20-25)34-15-12-23-11-10-22-5-4-17-39-36(22)37(23)40-34/h1-21H. The predicted octanol–water partition coefficient (Wildman–Crippen LogP) is 9.47. The van der Waals surface area contributed by atoms with E-state index in [1.807, 2.05) is 24.7 Å². The van der Waals surface area contributed by atoms with Crippen molar-refractivity contribution in [1.82, 2.24) is 15.0 Å². The van der Waals surface area contributed by atoms with Gasteiger partial charge in [-0.25, -0.2) is 4.98 Å². The van der Waals surface area contributed by atoms with E-state index in [0.29, 0.717) is 0 Å². The maximum Gasteiger partial charge on any atom is 0.0972 e. The Morgan fingerprint density at radius 3 is 2.12 bits per heavy atom. The van der Waals surface area contributed by atoms with Crippen LogP contribution in [-0.2, 0) is 0 Å². The van der Waals surface area contributed by atoms with Crippen LogP contribution in [0.25, 0.3) is 88.0 Å². The Balaban J connectivity index is 1.32. The van der Waals surface area contributed by atoms with Crippen molar-refractivity contribution in [2.24, 2.45) is 0 Å². The number of benzene rings is 5. The minimum absolute atomic E-state index is 0.918. The van der Waals surface area contributed by atoms with Crippen molar-refractivity contribution in [2.75, 3.05) is 0 Å². The molecule has 5 aromatic carbocycles. The normalized spacial score (nSPS) is 12.0. The van der Waals surface area contributed by atoms with Gasteiger partial charge in [0.1, 0.15) is 0 Å². The van der Waals surface area contributed by atoms with E-state index in [1.54, 1.807) is 0 Å². The van der Waals surface area contributed by atoms with E-state index in [4.69, 9.17) is 4.98 Å². The second kappa shape index (κ2) is 8.05. The fourth-order valence-electron chi connectivity index (χ4n) is 6.50. The summed E-state index contributed by atoms with van der Waals surface area (Å²) >= 11 is 0. The summed E-state index contributed by atoms with van der Waals surface area (Å²) in [5.74, 6) is 0. The first-order valence-electron chi connectivity index (χ1n) is 13.5. The molecule has 0 N–H and O–H groups in total. The minimum atomic E-state index is 0.918. The van der Waals surface area contributed by atoms with Gasteiger partial charge in [-0.3, -0.25) is 9.97 Å². The van der Waals surface area contributed by atoms with Gasteiger partial charge in [-0.05, 0) is 79.9 Å². The molecule has 3 heteroatoms. The lowest BCUT2D eigenvalue weighted by Gasteiger charge is -2.14. The Morgan fingerprint density at radius 2 is 1.23 bits per heavy atom. The number of hydrogen-bond acceptors (Lipinski definition) is 3. The number of nitrogens with zero attached hydrogens (tertiary/aromatic N) is 3. The SMILES string of the molecule is c1ccc2c(c1)-c1cccc3c(-c4cc(-c5ccc6ccc7cccnc7c6n5)c5cnccc5c4)ccc-2c13. The molecule has 0 unspecified atom stereocenters. The van der Waals surface area contributed by atoms with Crippen LogP contribution in [0.3, 0.4) is 0 Å². The number of pyridine rings is 3. The molecule has 0 bridgehead atoms. The van der Waals surface area contributed by atoms with Crippen LogP contribution in [0.5, 0.6) is 0 Å². The van der Waals surface area contributed by atoms with Gasteiger partial charge in [0.15, 0.2) is 0 Å². The molecule has 184 valence electrons. The first-order chi connectivity index (χ1) is 19.8. The molecule has 0 saturated carbocycles. The van der Waals surface area contributed by atoms with Crippen LogP contribution in [-0.4, -0.2) is 15.0 Å². The van der Waals surface area contributed by atoms with Gasteiger partial charge in [0, 0.05) is 40.3 Å². The van der Waals surface area contributed by atoms with Crippen molar-refractivity contribution >= 4 is 43.4 Å². The zero-order chi connectivity index (χ0) is 26.2. The van der Waals surface area contributed by atoms with Crippen molar-refractivity contribution in [2.45, 2.75) is 0 Å². The first-order valence-corrected chi connectivity index (χ1v) is 13.5. The lowest BCUT2D eigenvalue weighted by molar-refractivity contribution is 1.35. The molecule has 3 aromatic heterocycles. The van der Waals surface area contributed by atoms with E-state index < -0.39 is 0 Å². The molecule has 0 saturated heterocycles. The average Bonchev–Trinajstić information content (AvgIpc) is 3.35. The van der Waals surface area contributed by atoms with Crippen molar-refractivity contribution in [3.8, 4) is 44.6 Å². The summed E-state index contributed by atoms with van der Waals surface area (Å²) in [5.41, 5.74) is 11.5.